The molecule has 0 amide bonds. The highest BCUT2D eigenvalue weighted by molar-refractivity contribution is 5.43. The van der Waals surface area contributed by atoms with Crippen LogP contribution in [0.3, 0.4) is 0 Å². The van der Waals surface area contributed by atoms with E-state index in [9.17, 15) is 15.3 Å². The Bertz CT molecular complexity index is 756. The molecule has 0 radical (unpaired) electrons. The standard InChI is InChI=1S/C26H38O3/c1-4-26-14-13-18-15-20(28)9-10-21(18)24(26)19(8-6-5-7-17(2)27)16-25(3)22(26)11-12-23(25)29/h4,9-10,15,17,19,22-24,27-29H,1,5-8,11-14,16H2,2-3H3/t17?,19-,22+,23-,24+,25-,26-/m0/s1. The van der Waals surface area contributed by atoms with Gasteiger partial charge in [0, 0.05) is 0 Å². The monoisotopic (exact) mass is 398 g/mol. The Hall–Kier alpha value is -1.32. The van der Waals surface area contributed by atoms with Crippen LogP contribution in [0, 0.1) is 22.7 Å². The van der Waals surface area contributed by atoms with Crippen molar-refractivity contribution in [1.29, 1.82) is 0 Å². The van der Waals surface area contributed by atoms with Gasteiger partial charge in [0.25, 0.3) is 0 Å². The summed E-state index contributed by atoms with van der Waals surface area (Å²) >= 11 is 0. The number of benzene rings is 1. The largest absolute Gasteiger partial charge is 0.508 e. The van der Waals surface area contributed by atoms with Crippen LogP contribution >= 0.6 is 0 Å². The molecule has 7 atom stereocenters. The molecule has 1 aromatic rings. The summed E-state index contributed by atoms with van der Waals surface area (Å²) < 4.78 is 0. The minimum Gasteiger partial charge on any atom is -0.508 e. The average molecular weight is 399 g/mol. The molecule has 0 aliphatic heterocycles. The van der Waals surface area contributed by atoms with E-state index in [0.29, 0.717) is 23.5 Å². The first kappa shape index (κ1) is 20.9. The summed E-state index contributed by atoms with van der Waals surface area (Å²) in [5, 5.41) is 30.7. The van der Waals surface area contributed by atoms with Crippen molar-refractivity contribution in [2.45, 2.75) is 89.8 Å². The summed E-state index contributed by atoms with van der Waals surface area (Å²) in [6, 6.07) is 5.97. The molecule has 2 fully saturated rings. The normalized spacial score (nSPS) is 39.3. The zero-order valence-electron chi connectivity index (χ0n) is 18.1. The van der Waals surface area contributed by atoms with Gasteiger partial charge in [0.1, 0.15) is 5.75 Å². The number of hydrogen-bond acceptors (Lipinski definition) is 3. The lowest BCUT2D eigenvalue weighted by molar-refractivity contribution is -0.0813. The Labute approximate surface area is 175 Å². The first-order valence-corrected chi connectivity index (χ1v) is 11.6. The molecule has 3 aliphatic carbocycles. The van der Waals surface area contributed by atoms with E-state index in [1.54, 1.807) is 0 Å². The lowest BCUT2D eigenvalue weighted by Crippen LogP contribution is -2.54. The third-order valence-electron chi connectivity index (χ3n) is 8.80. The van der Waals surface area contributed by atoms with Crippen LogP contribution in [0.5, 0.6) is 5.75 Å². The number of unbranched alkanes of at least 4 members (excludes halogenated alkanes) is 1. The summed E-state index contributed by atoms with van der Waals surface area (Å²) in [4.78, 5) is 0. The molecule has 3 N–H and O–H groups in total. The highest BCUT2D eigenvalue weighted by atomic mass is 16.3. The Morgan fingerprint density at radius 3 is 2.79 bits per heavy atom. The predicted molar refractivity (Wildman–Crippen MR) is 117 cm³/mol. The summed E-state index contributed by atoms with van der Waals surface area (Å²) in [7, 11) is 0. The molecule has 29 heavy (non-hydrogen) atoms. The van der Waals surface area contributed by atoms with Crippen LogP contribution in [0.15, 0.2) is 30.9 Å². The number of aromatic hydroxyl groups is 1. The van der Waals surface area contributed by atoms with E-state index < -0.39 is 0 Å². The second-order valence-corrected chi connectivity index (χ2v) is 10.4. The fourth-order valence-corrected chi connectivity index (χ4v) is 7.54. The smallest absolute Gasteiger partial charge is 0.115 e. The molecule has 160 valence electrons. The predicted octanol–water partition coefficient (Wildman–Crippen LogP) is 5.33. The summed E-state index contributed by atoms with van der Waals surface area (Å²) in [5.41, 5.74) is 2.69. The van der Waals surface area contributed by atoms with Crippen molar-refractivity contribution >= 4 is 0 Å². The Morgan fingerprint density at radius 1 is 1.28 bits per heavy atom. The molecule has 0 heterocycles. The van der Waals surface area contributed by atoms with Crippen LogP contribution in [0.4, 0.5) is 0 Å². The van der Waals surface area contributed by atoms with Crippen molar-refractivity contribution in [2.24, 2.45) is 22.7 Å². The minimum absolute atomic E-state index is 0.0311. The van der Waals surface area contributed by atoms with Crippen molar-refractivity contribution in [3.05, 3.63) is 42.0 Å². The molecule has 1 aromatic carbocycles. The molecule has 1 unspecified atom stereocenters. The van der Waals surface area contributed by atoms with Crippen molar-refractivity contribution < 1.29 is 15.3 Å². The van der Waals surface area contributed by atoms with E-state index in [0.717, 1.165) is 57.8 Å². The number of phenolic OH excluding ortho intramolecular Hbond substituents is 1. The van der Waals surface area contributed by atoms with Gasteiger partial charge < -0.3 is 15.3 Å². The number of rotatable bonds is 6. The molecule has 0 spiro atoms. The third-order valence-corrected chi connectivity index (χ3v) is 8.80. The van der Waals surface area contributed by atoms with E-state index in [1.807, 2.05) is 19.1 Å². The van der Waals surface area contributed by atoms with Crippen LogP contribution in [0.1, 0.15) is 82.3 Å². The summed E-state index contributed by atoms with van der Waals surface area (Å²) in [6.07, 6.45) is 11.0. The van der Waals surface area contributed by atoms with Crippen molar-refractivity contribution in [1.82, 2.24) is 0 Å². The fourth-order valence-electron chi connectivity index (χ4n) is 7.54. The van der Waals surface area contributed by atoms with Crippen molar-refractivity contribution in [2.75, 3.05) is 0 Å². The van der Waals surface area contributed by atoms with E-state index in [2.05, 4.69) is 25.6 Å². The molecule has 3 heteroatoms. The first-order chi connectivity index (χ1) is 13.8. The minimum atomic E-state index is -0.231. The molecular weight excluding hydrogens is 360 g/mol. The van der Waals surface area contributed by atoms with Gasteiger partial charge in [-0.15, -0.1) is 6.58 Å². The number of aliphatic hydroxyl groups excluding tert-OH is 2. The highest BCUT2D eigenvalue weighted by Gasteiger charge is 2.63. The van der Waals surface area contributed by atoms with E-state index >= 15 is 0 Å². The van der Waals surface area contributed by atoms with Crippen LogP contribution in [-0.4, -0.2) is 27.5 Å². The SMILES string of the molecule is C=C[C@@]12CCc3cc(O)ccc3[C@H]1[C@@H](CCCCC(C)O)C[C@@]1(C)[C@H]2CC[C@@H]1O. The number of fused-ring (bicyclic) bond motifs is 5. The zero-order valence-corrected chi connectivity index (χ0v) is 18.1. The number of hydrogen-bond donors (Lipinski definition) is 3. The number of phenols is 1. The molecule has 2 saturated carbocycles. The summed E-state index contributed by atoms with van der Waals surface area (Å²) in [6.45, 7) is 8.55. The molecule has 4 rings (SSSR count). The maximum atomic E-state index is 11.0. The molecule has 0 saturated heterocycles. The molecule has 3 nitrogen and oxygen atoms in total. The quantitative estimate of drug-likeness (QED) is 0.448. The molecule has 0 bridgehead atoms. The zero-order chi connectivity index (χ0) is 20.8. The maximum absolute atomic E-state index is 11.0. The highest BCUT2D eigenvalue weighted by Crippen LogP contribution is 2.69. The third kappa shape index (κ3) is 3.35. The maximum Gasteiger partial charge on any atom is 0.115 e. The molecular formula is C26H38O3. The van der Waals surface area contributed by atoms with Gasteiger partial charge in [-0.05, 0) is 104 Å². The van der Waals surface area contributed by atoms with Crippen LogP contribution in [-0.2, 0) is 6.42 Å². The topological polar surface area (TPSA) is 60.7 Å². The fraction of sp³-hybridized carbons (Fsp3) is 0.692. The number of allylic oxidation sites excluding steroid dienone is 1. The van der Waals surface area contributed by atoms with Crippen LogP contribution in [0.2, 0.25) is 0 Å². The summed E-state index contributed by atoms with van der Waals surface area (Å²) in [5.74, 6) is 1.75. The second kappa shape index (κ2) is 7.74. The van der Waals surface area contributed by atoms with E-state index in [4.69, 9.17) is 0 Å². The van der Waals surface area contributed by atoms with Crippen LogP contribution < -0.4 is 0 Å². The number of aryl methyl sites for hydroxylation is 1. The Morgan fingerprint density at radius 2 is 2.07 bits per heavy atom. The van der Waals surface area contributed by atoms with Crippen LogP contribution in [0.25, 0.3) is 0 Å². The van der Waals surface area contributed by atoms with E-state index in [1.165, 1.54) is 11.1 Å². The second-order valence-electron chi connectivity index (χ2n) is 10.4. The van der Waals surface area contributed by atoms with Crippen molar-refractivity contribution in [3.8, 4) is 5.75 Å². The Kier molecular flexibility index (Phi) is 5.59. The van der Waals surface area contributed by atoms with Gasteiger partial charge in [-0.2, -0.15) is 0 Å². The van der Waals surface area contributed by atoms with Gasteiger partial charge in [-0.1, -0.05) is 31.9 Å². The lowest BCUT2D eigenvalue weighted by atomic mass is 9.44. The van der Waals surface area contributed by atoms with Gasteiger partial charge in [0.2, 0.25) is 0 Å². The van der Waals surface area contributed by atoms with Gasteiger partial charge in [-0.25, -0.2) is 0 Å². The first-order valence-electron chi connectivity index (χ1n) is 11.6. The average Bonchev–Trinajstić information content (AvgIpc) is 2.99. The molecule has 3 aliphatic rings. The van der Waals surface area contributed by atoms with Crippen molar-refractivity contribution in [3.63, 3.8) is 0 Å². The Balaban J connectivity index is 1.72. The van der Waals surface area contributed by atoms with Gasteiger partial charge in [0.05, 0.1) is 12.2 Å². The molecule has 0 aromatic heterocycles. The lowest BCUT2D eigenvalue weighted by Gasteiger charge is -2.60. The van der Waals surface area contributed by atoms with Gasteiger partial charge in [0.15, 0.2) is 0 Å². The number of aliphatic hydroxyl groups is 2. The van der Waals surface area contributed by atoms with E-state index in [-0.39, 0.29) is 23.0 Å². The van der Waals surface area contributed by atoms with Gasteiger partial charge >= 0.3 is 0 Å². The van der Waals surface area contributed by atoms with Gasteiger partial charge in [-0.3, -0.25) is 0 Å².